The van der Waals surface area contributed by atoms with Gasteiger partial charge < -0.3 is 15.0 Å². The van der Waals surface area contributed by atoms with Crippen molar-refractivity contribution in [2.45, 2.75) is 26.2 Å². The Kier molecular flexibility index (Phi) is 7.63. The van der Waals surface area contributed by atoms with Gasteiger partial charge >= 0.3 is 5.97 Å². The van der Waals surface area contributed by atoms with Crippen LogP contribution in [0, 0.1) is 5.92 Å². The van der Waals surface area contributed by atoms with Gasteiger partial charge in [-0.3, -0.25) is 14.4 Å². The second-order valence-corrected chi connectivity index (χ2v) is 8.28. The van der Waals surface area contributed by atoms with Crippen LogP contribution in [0.3, 0.4) is 0 Å². The molecule has 0 saturated carbocycles. The molecule has 1 aliphatic rings. The Hall–Kier alpha value is -2.67. The van der Waals surface area contributed by atoms with Gasteiger partial charge in [-0.1, -0.05) is 40.2 Å². The summed E-state index contributed by atoms with van der Waals surface area (Å²) in [5, 5.41) is 2.95. The predicted molar refractivity (Wildman–Crippen MR) is 117 cm³/mol. The third-order valence-corrected chi connectivity index (χ3v) is 5.95. The van der Waals surface area contributed by atoms with Gasteiger partial charge in [0.25, 0.3) is 5.91 Å². The first-order valence-corrected chi connectivity index (χ1v) is 10.8. The monoisotopic (exact) mass is 472 g/mol. The summed E-state index contributed by atoms with van der Waals surface area (Å²) in [5.74, 6) is 0.196. The second-order valence-electron chi connectivity index (χ2n) is 7.42. The van der Waals surface area contributed by atoms with Gasteiger partial charge in [0.05, 0.1) is 6.42 Å². The minimum atomic E-state index is -0.423. The van der Waals surface area contributed by atoms with Crippen LogP contribution in [0.15, 0.2) is 53.0 Å². The number of rotatable bonds is 6. The summed E-state index contributed by atoms with van der Waals surface area (Å²) >= 11 is 3.49. The zero-order valence-electron chi connectivity index (χ0n) is 16.9. The van der Waals surface area contributed by atoms with E-state index >= 15 is 0 Å². The first-order chi connectivity index (χ1) is 14.4. The number of amides is 2. The van der Waals surface area contributed by atoms with Crippen molar-refractivity contribution in [3.8, 4) is 5.75 Å². The van der Waals surface area contributed by atoms with Crippen LogP contribution in [0.2, 0.25) is 0 Å². The molecule has 2 aromatic rings. The molecule has 1 aliphatic heterocycles. The quantitative estimate of drug-likeness (QED) is 0.514. The van der Waals surface area contributed by atoms with E-state index < -0.39 is 5.97 Å². The molecule has 158 valence electrons. The molecule has 2 aromatic carbocycles. The number of hydrogen-bond donors (Lipinski definition) is 1. The summed E-state index contributed by atoms with van der Waals surface area (Å²) < 4.78 is 5.98. The fourth-order valence-electron chi connectivity index (χ4n) is 3.51. The summed E-state index contributed by atoms with van der Waals surface area (Å²) in [6.45, 7) is 3.28. The molecule has 1 saturated heterocycles. The molecule has 0 spiro atoms. The van der Waals surface area contributed by atoms with Crippen molar-refractivity contribution in [1.29, 1.82) is 0 Å². The van der Waals surface area contributed by atoms with Crippen LogP contribution in [0.5, 0.6) is 5.75 Å². The highest BCUT2D eigenvalue weighted by Gasteiger charge is 2.23. The van der Waals surface area contributed by atoms with Gasteiger partial charge in [0, 0.05) is 36.6 Å². The van der Waals surface area contributed by atoms with E-state index in [-0.39, 0.29) is 11.8 Å². The van der Waals surface area contributed by atoms with Crippen molar-refractivity contribution < 1.29 is 19.1 Å². The first-order valence-electron chi connectivity index (χ1n) is 10.00. The van der Waals surface area contributed by atoms with Gasteiger partial charge in [-0.25, -0.2) is 0 Å². The van der Waals surface area contributed by atoms with Crippen LogP contribution in [-0.2, 0) is 16.0 Å². The van der Waals surface area contributed by atoms with Crippen LogP contribution in [0.25, 0.3) is 0 Å². The van der Waals surface area contributed by atoms with Crippen molar-refractivity contribution >= 4 is 33.7 Å². The third kappa shape index (κ3) is 6.16. The number of nitrogens with one attached hydrogen (secondary N) is 1. The zero-order chi connectivity index (χ0) is 21.5. The Morgan fingerprint density at radius 2 is 1.83 bits per heavy atom. The maximum absolute atomic E-state index is 12.6. The number of nitrogens with zero attached hydrogens (tertiary/aromatic N) is 1. The van der Waals surface area contributed by atoms with Gasteiger partial charge in [0.1, 0.15) is 5.75 Å². The van der Waals surface area contributed by atoms with E-state index in [0.29, 0.717) is 43.3 Å². The summed E-state index contributed by atoms with van der Waals surface area (Å²) in [5.41, 5.74) is 1.45. The number of piperidine rings is 1. The fourth-order valence-corrected chi connectivity index (χ4v) is 3.93. The fraction of sp³-hybridized carbons (Fsp3) is 0.348. The third-order valence-electron chi connectivity index (χ3n) is 5.18. The van der Waals surface area contributed by atoms with Crippen molar-refractivity contribution in [3.05, 3.63) is 64.1 Å². The molecule has 1 heterocycles. The molecule has 1 N–H and O–H groups in total. The molecule has 0 bridgehead atoms. The molecule has 0 aromatic heterocycles. The topological polar surface area (TPSA) is 75.7 Å². The SMILES string of the molecule is CC(=O)Oc1cccc(C(=O)NCC2CCN(C(=O)Cc3ccccc3Br)CC2)c1. The van der Waals surface area contributed by atoms with E-state index in [1.54, 1.807) is 24.3 Å². The molecule has 30 heavy (non-hydrogen) atoms. The number of esters is 1. The maximum Gasteiger partial charge on any atom is 0.308 e. The smallest absolute Gasteiger partial charge is 0.308 e. The Balaban J connectivity index is 1.44. The van der Waals surface area contributed by atoms with Crippen LogP contribution >= 0.6 is 15.9 Å². The van der Waals surface area contributed by atoms with E-state index in [9.17, 15) is 14.4 Å². The summed E-state index contributed by atoms with van der Waals surface area (Å²) in [6, 6.07) is 14.3. The molecular weight excluding hydrogens is 448 g/mol. The molecule has 0 radical (unpaired) electrons. The number of carbonyl (C=O) groups is 3. The lowest BCUT2D eigenvalue weighted by Crippen LogP contribution is -2.42. The van der Waals surface area contributed by atoms with E-state index in [0.717, 1.165) is 22.9 Å². The molecule has 2 amide bonds. The van der Waals surface area contributed by atoms with Crippen LogP contribution in [0.1, 0.15) is 35.7 Å². The minimum Gasteiger partial charge on any atom is -0.427 e. The molecule has 1 fully saturated rings. The van der Waals surface area contributed by atoms with E-state index in [2.05, 4.69) is 21.2 Å². The number of likely N-dealkylation sites (tertiary alicyclic amines) is 1. The first kappa shape index (κ1) is 22.0. The highest BCUT2D eigenvalue weighted by atomic mass is 79.9. The van der Waals surface area contributed by atoms with Gasteiger partial charge in [0.15, 0.2) is 0 Å². The number of halogens is 1. The molecule has 0 atom stereocenters. The lowest BCUT2D eigenvalue weighted by atomic mass is 9.96. The highest BCUT2D eigenvalue weighted by molar-refractivity contribution is 9.10. The molecule has 6 nitrogen and oxygen atoms in total. The van der Waals surface area contributed by atoms with E-state index in [4.69, 9.17) is 4.74 Å². The Morgan fingerprint density at radius 3 is 2.53 bits per heavy atom. The lowest BCUT2D eigenvalue weighted by Gasteiger charge is -2.32. The molecular formula is C23H25BrN2O4. The maximum atomic E-state index is 12.6. The number of benzene rings is 2. The number of carbonyl (C=O) groups excluding carboxylic acids is 3. The molecule has 7 heteroatoms. The Bertz CT molecular complexity index is 923. The number of ether oxygens (including phenoxy) is 1. The van der Waals surface area contributed by atoms with Crippen molar-refractivity contribution in [3.63, 3.8) is 0 Å². The molecule has 0 aliphatic carbocycles. The zero-order valence-corrected chi connectivity index (χ0v) is 18.5. The predicted octanol–water partition coefficient (Wildman–Crippen LogP) is 3.59. The highest BCUT2D eigenvalue weighted by Crippen LogP contribution is 2.21. The van der Waals surface area contributed by atoms with Gasteiger partial charge in [-0.05, 0) is 48.6 Å². The van der Waals surface area contributed by atoms with Crippen molar-refractivity contribution in [2.24, 2.45) is 5.92 Å². The van der Waals surface area contributed by atoms with E-state index in [1.165, 1.54) is 6.92 Å². The summed E-state index contributed by atoms with van der Waals surface area (Å²) in [6.07, 6.45) is 2.10. The Morgan fingerprint density at radius 1 is 1.10 bits per heavy atom. The second kappa shape index (κ2) is 10.4. The number of hydrogen-bond acceptors (Lipinski definition) is 4. The van der Waals surface area contributed by atoms with E-state index in [1.807, 2.05) is 29.2 Å². The van der Waals surface area contributed by atoms with Crippen molar-refractivity contribution in [2.75, 3.05) is 19.6 Å². The minimum absolute atomic E-state index is 0.131. The van der Waals surface area contributed by atoms with Gasteiger partial charge in [0.2, 0.25) is 5.91 Å². The van der Waals surface area contributed by atoms with Crippen LogP contribution in [0.4, 0.5) is 0 Å². The average molecular weight is 473 g/mol. The Labute approximate surface area is 184 Å². The molecule has 3 rings (SSSR count). The molecule has 0 unspecified atom stereocenters. The average Bonchev–Trinajstić information content (AvgIpc) is 2.73. The summed E-state index contributed by atoms with van der Waals surface area (Å²) in [7, 11) is 0. The van der Waals surface area contributed by atoms with Crippen LogP contribution < -0.4 is 10.1 Å². The van der Waals surface area contributed by atoms with Gasteiger partial charge in [-0.2, -0.15) is 0 Å². The standard InChI is InChI=1S/C23H25BrN2O4/c1-16(27)30-20-7-4-6-19(13-20)23(29)25-15-17-9-11-26(12-10-17)22(28)14-18-5-2-3-8-21(18)24/h2-8,13,17H,9-12,14-15H2,1H3,(H,25,29). The lowest BCUT2D eigenvalue weighted by molar-refractivity contribution is -0.132. The normalized spacial score (nSPS) is 14.3. The van der Waals surface area contributed by atoms with Crippen molar-refractivity contribution in [1.82, 2.24) is 10.2 Å². The van der Waals surface area contributed by atoms with Gasteiger partial charge in [-0.15, -0.1) is 0 Å². The summed E-state index contributed by atoms with van der Waals surface area (Å²) in [4.78, 5) is 38.0. The largest absolute Gasteiger partial charge is 0.427 e. The van der Waals surface area contributed by atoms with Crippen LogP contribution in [-0.4, -0.2) is 42.3 Å².